The second kappa shape index (κ2) is 15.7. The Hall–Kier alpha value is -5.06. The van der Waals surface area contributed by atoms with Crippen molar-refractivity contribution in [3.05, 3.63) is 157 Å². The number of hydrogen-bond acceptors (Lipinski definition) is 9. The SMILES string of the molecule is COc1ccc(C(OC[C@H]2O[C@@H](n3cc(C)c(=O)[nH]c3=O)C[C@@H]2O[P+](=O)Oc2c(C)cc(C)cc2C)(c2ccccc2)c2ccc(OC)cc2)cc1. The number of benzene rings is 4. The van der Waals surface area contributed by atoms with Gasteiger partial charge in [0.1, 0.15) is 35.5 Å². The van der Waals surface area contributed by atoms with E-state index in [1.165, 1.54) is 10.8 Å². The number of hydrogen-bond donors (Lipinski definition) is 1. The maximum atomic E-state index is 13.6. The van der Waals surface area contributed by atoms with Gasteiger partial charge in [-0.2, -0.15) is 0 Å². The van der Waals surface area contributed by atoms with Crippen LogP contribution >= 0.6 is 8.25 Å². The molecule has 0 saturated carbocycles. The lowest BCUT2D eigenvalue weighted by molar-refractivity contribution is -0.0916. The molecule has 0 radical (unpaired) electrons. The van der Waals surface area contributed by atoms with Gasteiger partial charge in [-0.1, -0.05) is 72.3 Å². The first-order valence-corrected chi connectivity index (χ1v) is 18.0. The number of nitrogens with one attached hydrogen (secondary N) is 1. The number of aromatic amines is 1. The topological polar surface area (TPSA) is 127 Å². The Morgan fingerprint density at radius 2 is 1.37 bits per heavy atom. The van der Waals surface area contributed by atoms with Gasteiger partial charge < -0.3 is 18.9 Å². The van der Waals surface area contributed by atoms with Crippen LogP contribution in [-0.4, -0.2) is 42.6 Å². The first kappa shape index (κ1) is 36.7. The summed E-state index contributed by atoms with van der Waals surface area (Å²) in [5, 5.41) is 0. The van der Waals surface area contributed by atoms with Crippen molar-refractivity contribution in [3.8, 4) is 17.2 Å². The molecule has 0 spiro atoms. The van der Waals surface area contributed by atoms with E-state index < -0.39 is 43.5 Å². The van der Waals surface area contributed by atoms with E-state index in [1.54, 1.807) is 21.1 Å². The van der Waals surface area contributed by atoms with E-state index in [0.29, 0.717) is 22.8 Å². The third kappa shape index (κ3) is 7.59. The minimum absolute atomic E-state index is 0.0586. The minimum atomic E-state index is -2.68. The third-order valence-corrected chi connectivity index (χ3v) is 10.0. The van der Waals surface area contributed by atoms with Gasteiger partial charge >= 0.3 is 13.9 Å². The zero-order valence-electron chi connectivity index (χ0n) is 30.0. The van der Waals surface area contributed by atoms with Gasteiger partial charge in [-0.25, -0.2) is 9.32 Å². The summed E-state index contributed by atoms with van der Waals surface area (Å²) in [4.78, 5) is 27.5. The highest BCUT2D eigenvalue weighted by Gasteiger charge is 2.47. The molecule has 6 rings (SSSR count). The molecule has 0 bridgehead atoms. The normalized spacial score (nSPS) is 17.5. The van der Waals surface area contributed by atoms with Crippen LogP contribution in [0.15, 0.2) is 107 Å². The molecule has 12 heteroatoms. The lowest BCUT2D eigenvalue weighted by atomic mass is 9.80. The average Bonchev–Trinajstić information content (AvgIpc) is 3.54. The molecule has 4 aromatic carbocycles. The van der Waals surface area contributed by atoms with Crippen molar-refractivity contribution in [3.63, 3.8) is 0 Å². The highest BCUT2D eigenvalue weighted by molar-refractivity contribution is 7.33. The average molecular weight is 726 g/mol. The Morgan fingerprint density at radius 3 is 1.92 bits per heavy atom. The van der Waals surface area contributed by atoms with E-state index in [1.807, 2.05) is 112 Å². The zero-order valence-corrected chi connectivity index (χ0v) is 30.8. The molecule has 11 nitrogen and oxygen atoms in total. The smallest absolute Gasteiger partial charge is 0.497 e. The summed E-state index contributed by atoms with van der Waals surface area (Å²) in [6, 6.07) is 29.0. The Bertz CT molecular complexity index is 2080. The summed E-state index contributed by atoms with van der Waals surface area (Å²) in [6.07, 6.45) is -0.949. The predicted octanol–water partition coefficient (Wildman–Crippen LogP) is 7.21. The van der Waals surface area contributed by atoms with Crippen molar-refractivity contribution in [2.75, 3.05) is 20.8 Å². The molecule has 0 amide bonds. The largest absolute Gasteiger partial charge is 0.750 e. The fourth-order valence-electron chi connectivity index (χ4n) is 6.73. The molecule has 0 aliphatic carbocycles. The van der Waals surface area contributed by atoms with E-state index in [4.69, 9.17) is 28.0 Å². The lowest BCUT2D eigenvalue weighted by Gasteiger charge is -2.37. The molecular formula is C40H42N2O9P+. The summed E-state index contributed by atoms with van der Waals surface area (Å²) in [5.41, 5.74) is 3.20. The molecule has 2 heterocycles. The second-order valence-corrected chi connectivity index (χ2v) is 13.7. The Labute approximate surface area is 303 Å². The van der Waals surface area contributed by atoms with Gasteiger partial charge in [0.05, 0.1) is 20.8 Å². The maximum absolute atomic E-state index is 13.6. The molecule has 1 fully saturated rings. The number of methoxy groups -OCH3 is 2. The van der Waals surface area contributed by atoms with Crippen LogP contribution in [0.2, 0.25) is 0 Å². The summed E-state index contributed by atoms with van der Waals surface area (Å²) in [5.74, 6) is 1.84. The van der Waals surface area contributed by atoms with Crippen LogP contribution in [0.1, 0.15) is 51.6 Å². The number of aryl methyl sites for hydroxylation is 4. The summed E-state index contributed by atoms with van der Waals surface area (Å²) >= 11 is 0. The molecule has 4 atom stereocenters. The molecule has 1 saturated heterocycles. The monoisotopic (exact) mass is 725 g/mol. The van der Waals surface area contributed by atoms with Crippen LogP contribution in [0, 0.1) is 27.7 Å². The van der Waals surface area contributed by atoms with E-state index in [2.05, 4.69) is 4.98 Å². The van der Waals surface area contributed by atoms with Crippen molar-refractivity contribution in [1.82, 2.24) is 9.55 Å². The lowest BCUT2D eigenvalue weighted by Crippen LogP contribution is -2.38. The van der Waals surface area contributed by atoms with Gasteiger partial charge in [-0.05, 0) is 79.8 Å². The number of aromatic nitrogens is 2. The Balaban J connectivity index is 1.39. The quantitative estimate of drug-likeness (QED) is 0.0990. The van der Waals surface area contributed by atoms with E-state index >= 15 is 0 Å². The summed E-state index contributed by atoms with van der Waals surface area (Å²) < 4.78 is 51.4. The molecule has 270 valence electrons. The standard InChI is InChI=1S/C40H41N2O9P/c1-25-20-26(2)37(27(3)21-25)51-52(45)50-34-22-36(42-23-28(4)38(43)41-39(42)44)49-35(34)24-48-40(29-10-8-7-9-11-29,30-12-16-32(46-5)17-13-30)31-14-18-33(47-6)19-15-31/h7-21,23,34-36H,22,24H2,1-6H3/p+1/t34-,35+,36+/m0/s1. The number of rotatable bonds is 13. The molecular weight excluding hydrogens is 683 g/mol. The third-order valence-electron chi connectivity index (χ3n) is 9.27. The van der Waals surface area contributed by atoms with Crippen LogP contribution in [0.5, 0.6) is 17.2 Å². The highest BCUT2D eigenvalue weighted by atomic mass is 31.1. The highest BCUT2D eigenvalue weighted by Crippen LogP contribution is 2.44. The number of ether oxygens (including phenoxy) is 4. The van der Waals surface area contributed by atoms with Crippen molar-refractivity contribution in [2.24, 2.45) is 0 Å². The summed E-state index contributed by atoms with van der Waals surface area (Å²) in [6.45, 7) is 7.30. The Morgan fingerprint density at radius 1 is 0.808 bits per heavy atom. The van der Waals surface area contributed by atoms with Gasteiger partial charge in [-0.3, -0.25) is 14.3 Å². The van der Waals surface area contributed by atoms with Gasteiger partial charge in [0.2, 0.25) is 0 Å². The first-order chi connectivity index (χ1) is 25.0. The number of nitrogens with zero attached hydrogens (tertiary/aromatic N) is 1. The molecule has 52 heavy (non-hydrogen) atoms. The van der Waals surface area contributed by atoms with Gasteiger partial charge in [0, 0.05) is 22.7 Å². The fourth-order valence-corrected chi connectivity index (χ4v) is 7.65. The summed E-state index contributed by atoms with van der Waals surface area (Å²) in [7, 11) is 0.536. The van der Waals surface area contributed by atoms with Crippen molar-refractivity contribution in [1.29, 1.82) is 0 Å². The van der Waals surface area contributed by atoms with E-state index in [9.17, 15) is 14.2 Å². The molecule has 1 unspecified atom stereocenters. The van der Waals surface area contributed by atoms with Crippen LogP contribution in [-0.2, 0) is 24.2 Å². The van der Waals surface area contributed by atoms with Gasteiger partial charge in [0.15, 0.2) is 5.75 Å². The van der Waals surface area contributed by atoms with E-state index in [0.717, 1.165) is 33.4 Å². The number of H-pyrrole nitrogens is 1. The van der Waals surface area contributed by atoms with E-state index in [-0.39, 0.29) is 13.0 Å². The fraction of sp³-hybridized carbons (Fsp3) is 0.300. The van der Waals surface area contributed by atoms with Crippen LogP contribution in [0.25, 0.3) is 0 Å². The van der Waals surface area contributed by atoms with Crippen molar-refractivity contribution < 1.29 is 32.6 Å². The maximum Gasteiger partial charge on any atom is 0.750 e. The Kier molecular flexibility index (Phi) is 11.1. The van der Waals surface area contributed by atoms with Crippen molar-refractivity contribution in [2.45, 2.75) is 58.2 Å². The second-order valence-electron chi connectivity index (χ2n) is 12.8. The molecule has 1 aliphatic heterocycles. The molecule has 1 N–H and O–H groups in total. The van der Waals surface area contributed by atoms with Crippen LogP contribution < -0.4 is 25.2 Å². The van der Waals surface area contributed by atoms with Crippen molar-refractivity contribution >= 4 is 8.25 Å². The molecule has 5 aromatic rings. The van der Waals surface area contributed by atoms with Gasteiger partial charge in [-0.15, -0.1) is 4.52 Å². The molecule has 1 aliphatic rings. The van der Waals surface area contributed by atoms with Gasteiger partial charge in [0.25, 0.3) is 5.56 Å². The van der Waals surface area contributed by atoms with Crippen LogP contribution in [0.3, 0.4) is 0 Å². The minimum Gasteiger partial charge on any atom is -0.497 e. The van der Waals surface area contributed by atoms with Crippen LogP contribution in [0.4, 0.5) is 0 Å². The predicted molar refractivity (Wildman–Crippen MR) is 197 cm³/mol. The first-order valence-electron chi connectivity index (χ1n) is 16.9. The zero-order chi connectivity index (χ0) is 37.0. The molecule has 1 aromatic heterocycles.